The van der Waals surface area contributed by atoms with Gasteiger partial charge in [0.2, 0.25) is 11.8 Å². The van der Waals surface area contributed by atoms with Crippen LogP contribution in [0.15, 0.2) is 42.5 Å². The summed E-state index contributed by atoms with van der Waals surface area (Å²) >= 11 is 5.86. The lowest BCUT2D eigenvalue weighted by atomic mass is 9.90. The number of rotatable bonds is 6. The fourth-order valence-electron chi connectivity index (χ4n) is 2.40. The number of halogens is 1. The van der Waals surface area contributed by atoms with Crippen LogP contribution >= 0.6 is 11.6 Å². The maximum Gasteiger partial charge on any atom is 0.239 e. The molecule has 0 bridgehead atoms. The summed E-state index contributed by atoms with van der Waals surface area (Å²) < 4.78 is 0. The number of hydrogen-bond acceptors (Lipinski definition) is 2. The molecule has 2 rings (SSSR count). The minimum Gasteiger partial charge on any atom is -0.355 e. The van der Waals surface area contributed by atoms with Crippen molar-refractivity contribution >= 4 is 29.1 Å². The van der Waals surface area contributed by atoms with Gasteiger partial charge in [0.15, 0.2) is 0 Å². The van der Waals surface area contributed by atoms with Crippen LogP contribution in [-0.2, 0) is 16.0 Å². The van der Waals surface area contributed by atoms with Gasteiger partial charge in [0.25, 0.3) is 0 Å². The Morgan fingerprint density at radius 1 is 0.962 bits per heavy atom. The van der Waals surface area contributed by atoms with Gasteiger partial charge in [0, 0.05) is 17.3 Å². The van der Waals surface area contributed by atoms with Gasteiger partial charge in [0.05, 0.1) is 0 Å². The first-order chi connectivity index (χ1) is 12.2. The summed E-state index contributed by atoms with van der Waals surface area (Å²) in [6, 6.07) is 13.2. The molecule has 0 aromatic heterocycles. The van der Waals surface area contributed by atoms with Crippen molar-refractivity contribution in [3.8, 4) is 0 Å². The Hall–Kier alpha value is -2.33. The number of carbonyl (C=O) groups is 2. The second-order valence-electron chi connectivity index (χ2n) is 7.01. The van der Waals surface area contributed by atoms with E-state index in [1.165, 1.54) is 0 Å². The molecule has 2 amide bonds. The molecule has 2 aromatic carbocycles. The standard InChI is InChI=1S/C21H25ClN2O2/c1-14-5-10-18(13-15(14)2)24-20(26)21(3,4)19(25)23-12-11-16-6-8-17(22)9-7-16/h5-10,13H,11-12H2,1-4H3,(H,23,25)(H,24,26). The Morgan fingerprint density at radius 3 is 2.23 bits per heavy atom. The summed E-state index contributed by atoms with van der Waals surface area (Å²) in [5.74, 6) is -0.627. The van der Waals surface area contributed by atoms with E-state index in [-0.39, 0.29) is 11.8 Å². The highest BCUT2D eigenvalue weighted by molar-refractivity contribution is 6.30. The number of aryl methyl sites for hydroxylation is 2. The van der Waals surface area contributed by atoms with E-state index in [9.17, 15) is 9.59 Å². The Labute approximate surface area is 159 Å². The zero-order valence-electron chi connectivity index (χ0n) is 15.7. The minimum atomic E-state index is -1.17. The van der Waals surface area contributed by atoms with E-state index in [0.717, 1.165) is 16.7 Å². The van der Waals surface area contributed by atoms with Gasteiger partial charge >= 0.3 is 0 Å². The highest BCUT2D eigenvalue weighted by Gasteiger charge is 2.35. The highest BCUT2D eigenvalue weighted by atomic mass is 35.5. The lowest BCUT2D eigenvalue weighted by Crippen LogP contribution is -2.45. The van der Waals surface area contributed by atoms with Crippen molar-refractivity contribution in [2.24, 2.45) is 5.41 Å². The van der Waals surface area contributed by atoms with Crippen molar-refractivity contribution in [2.75, 3.05) is 11.9 Å². The van der Waals surface area contributed by atoms with Crippen LogP contribution in [0.1, 0.15) is 30.5 Å². The summed E-state index contributed by atoms with van der Waals surface area (Å²) in [5, 5.41) is 6.35. The van der Waals surface area contributed by atoms with E-state index in [4.69, 9.17) is 11.6 Å². The summed E-state index contributed by atoms with van der Waals surface area (Å²) in [6.45, 7) is 7.71. The van der Waals surface area contributed by atoms with Crippen LogP contribution in [-0.4, -0.2) is 18.4 Å². The molecule has 138 valence electrons. The SMILES string of the molecule is Cc1ccc(NC(=O)C(C)(C)C(=O)NCCc2ccc(Cl)cc2)cc1C. The molecule has 0 fully saturated rings. The molecule has 26 heavy (non-hydrogen) atoms. The number of hydrogen-bond donors (Lipinski definition) is 2. The average molecular weight is 373 g/mol. The Balaban J connectivity index is 1.91. The van der Waals surface area contributed by atoms with Gasteiger partial charge in [-0.1, -0.05) is 29.8 Å². The molecular weight excluding hydrogens is 348 g/mol. The van der Waals surface area contributed by atoms with Gasteiger partial charge in [-0.2, -0.15) is 0 Å². The van der Waals surface area contributed by atoms with Gasteiger partial charge < -0.3 is 10.6 Å². The molecule has 4 nitrogen and oxygen atoms in total. The van der Waals surface area contributed by atoms with Crippen molar-refractivity contribution in [3.05, 3.63) is 64.2 Å². The monoisotopic (exact) mass is 372 g/mol. The molecule has 0 aliphatic rings. The van der Waals surface area contributed by atoms with Gasteiger partial charge in [-0.3, -0.25) is 9.59 Å². The zero-order chi connectivity index (χ0) is 19.3. The lowest BCUT2D eigenvalue weighted by molar-refractivity contribution is -0.138. The van der Waals surface area contributed by atoms with Crippen LogP contribution in [0.5, 0.6) is 0 Å². The van der Waals surface area contributed by atoms with Crippen LogP contribution in [0.25, 0.3) is 0 Å². The number of anilines is 1. The van der Waals surface area contributed by atoms with Crippen LogP contribution in [0.4, 0.5) is 5.69 Å². The molecule has 0 unspecified atom stereocenters. The third-order valence-corrected chi connectivity index (χ3v) is 4.76. The molecule has 0 aliphatic heterocycles. The zero-order valence-corrected chi connectivity index (χ0v) is 16.4. The fourth-order valence-corrected chi connectivity index (χ4v) is 2.53. The molecule has 0 saturated heterocycles. The molecule has 0 radical (unpaired) electrons. The van der Waals surface area contributed by atoms with Gasteiger partial charge in [-0.25, -0.2) is 0 Å². The Bertz CT molecular complexity index is 798. The van der Waals surface area contributed by atoms with Gasteiger partial charge in [0.1, 0.15) is 5.41 Å². The predicted molar refractivity (Wildman–Crippen MR) is 106 cm³/mol. The third-order valence-electron chi connectivity index (χ3n) is 4.51. The van der Waals surface area contributed by atoms with E-state index in [0.29, 0.717) is 23.7 Å². The van der Waals surface area contributed by atoms with Gasteiger partial charge in [-0.05, 0) is 75.1 Å². The Morgan fingerprint density at radius 2 is 1.62 bits per heavy atom. The first-order valence-electron chi connectivity index (χ1n) is 8.61. The molecule has 0 saturated carbocycles. The van der Waals surface area contributed by atoms with Crippen molar-refractivity contribution in [1.82, 2.24) is 5.32 Å². The van der Waals surface area contributed by atoms with E-state index in [2.05, 4.69) is 10.6 Å². The van der Waals surface area contributed by atoms with Crippen LogP contribution in [0.3, 0.4) is 0 Å². The van der Waals surface area contributed by atoms with E-state index >= 15 is 0 Å². The number of benzene rings is 2. The maximum absolute atomic E-state index is 12.6. The van der Waals surface area contributed by atoms with E-state index in [1.54, 1.807) is 13.8 Å². The molecular formula is C21H25ClN2O2. The summed E-state index contributed by atoms with van der Waals surface area (Å²) in [6.07, 6.45) is 0.678. The highest BCUT2D eigenvalue weighted by Crippen LogP contribution is 2.21. The minimum absolute atomic E-state index is 0.298. The van der Waals surface area contributed by atoms with E-state index in [1.807, 2.05) is 56.3 Å². The average Bonchev–Trinajstić information content (AvgIpc) is 2.59. The summed E-state index contributed by atoms with van der Waals surface area (Å²) in [5.41, 5.74) is 2.85. The first kappa shape index (κ1) is 20.0. The summed E-state index contributed by atoms with van der Waals surface area (Å²) in [4.78, 5) is 25.0. The van der Waals surface area contributed by atoms with Crippen molar-refractivity contribution in [2.45, 2.75) is 34.1 Å². The van der Waals surface area contributed by atoms with Crippen molar-refractivity contribution < 1.29 is 9.59 Å². The summed E-state index contributed by atoms with van der Waals surface area (Å²) in [7, 11) is 0. The number of amides is 2. The van der Waals surface area contributed by atoms with Gasteiger partial charge in [-0.15, -0.1) is 0 Å². The van der Waals surface area contributed by atoms with E-state index < -0.39 is 5.41 Å². The maximum atomic E-state index is 12.6. The number of nitrogens with one attached hydrogen (secondary N) is 2. The predicted octanol–water partition coefficient (Wildman–Crippen LogP) is 4.28. The smallest absolute Gasteiger partial charge is 0.239 e. The quantitative estimate of drug-likeness (QED) is 0.743. The molecule has 0 aliphatic carbocycles. The van der Waals surface area contributed by atoms with Crippen LogP contribution in [0, 0.1) is 19.3 Å². The molecule has 5 heteroatoms. The molecule has 2 aromatic rings. The number of carbonyl (C=O) groups excluding carboxylic acids is 2. The lowest BCUT2D eigenvalue weighted by Gasteiger charge is -2.23. The second-order valence-corrected chi connectivity index (χ2v) is 7.45. The molecule has 2 N–H and O–H groups in total. The van der Waals surface area contributed by atoms with Crippen LogP contribution < -0.4 is 10.6 Å². The fraction of sp³-hybridized carbons (Fsp3) is 0.333. The third kappa shape index (κ3) is 5.09. The van der Waals surface area contributed by atoms with Crippen LogP contribution in [0.2, 0.25) is 5.02 Å². The second kappa shape index (κ2) is 8.37. The molecule has 0 atom stereocenters. The largest absolute Gasteiger partial charge is 0.355 e. The first-order valence-corrected chi connectivity index (χ1v) is 8.99. The normalized spacial score (nSPS) is 11.1. The molecule has 0 heterocycles. The van der Waals surface area contributed by atoms with Crippen molar-refractivity contribution in [3.63, 3.8) is 0 Å². The molecule has 0 spiro atoms. The topological polar surface area (TPSA) is 58.2 Å². The van der Waals surface area contributed by atoms with Crippen molar-refractivity contribution in [1.29, 1.82) is 0 Å². The Kier molecular flexibility index (Phi) is 6.43.